The van der Waals surface area contributed by atoms with Gasteiger partial charge in [-0.3, -0.25) is 9.59 Å². The second-order valence-electron chi connectivity index (χ2n) is 11.0. The third-order valence-corrected chi connectivity index (χ3v) is 9.09. The van der Waals surface area contributed by atoms with Crippen LogP contribution in [-0.2, 0) is 4.79 Å². The average molecular weight is 567 g/mol. The van der Waals surface area contributed by atoms with Crippen LogP contribution in [0.1, 0.15) is 101 Å². The predicted octanol–water partition coefficient (Wildman–Crippen LogP) is 4.83. The highest BCUT2D eigenvalue weighted by Crippen LogP contribution is 2.46. The number of nitrogens with two attached hydrogens (primary N) is 1. The van der Waals surface area contributed by atoms with Gasteiger partial charge in [0.25, 0.3) is 11.8 Å². The molecule has 3 rings (SSSR count). The summed E-state index contributed by atoms with van der Waals surface area (Å²) in [5, 5.41) is 17.4. The molecule has 0 aromatic carbocycles. The Balaban J connectivity index is 0.00000260. The van der Waals surface area contributed by atoms with Crippen LogP contribution in [0.25, 0.3) is 0 Å². The molecule has 9 nitrogen and oxygen atoms in total. The van der Waals surface area contributed by atoms with Crippen LogP contribution in [0.3, 0.4) is 0 Å². The van der Waals surface area contributed by atoms with Crippen LogP contribution in [0.15, 0.2) is 21.6 Å². The molecule has 2 fully saturated rings. The van der Waals surface area contributed by atoms with E-state index < -0.39 is 0 Å². The molecule has 1 atom stereocenters. The summed E-state index contributed by atoms with van der Waals surface area (Å²) >= 11 is 1.65. The Morgan fingerprint density at radius 1 is 1.21 bits per heavy atom. The number of thioether (sulfide) groups is 1. The molecule has 1 heterocycles. The maximum atomic E-state index is 13.1. The number of aromatic nitrogens is 1. The van der Waals surface area contributed by atoms with Crippen LogP contribution >= 0.6 is 11.8 Å². The average Bonchev–Trinajstić information content (AvgIpc) is 3.32. The van der Waals surface area contributed by atoms with Gasteiger partial charge in [-0.2, -0.15) is 0 Å². The van der Waals surface area contributed by atoms with Crippen LogP contribution in [0.2, 0.25) is 0 Å². The summed E-state index contributed by atoms with van der Waals surface area (Å²) in [6, 6.07) is 0. The Hall–Kier alpha value is -2.04. The van der Waals surface area contributed by atoms with Crippen molar-refractivity contribution >= 4 is 23.6 Å². The van der Waals surface area contributed by atoms with Crippen LogP contribution < -0.4 is 21.1 Å². The molecule has 222 valence electrons. The lowest BCUT2D eigenvalue weighted by Gasteiger charge is -2.40. The van der Waals surface area contributed by atoms with Crippen LogP contribution in [0.5, 0.6) is 5.88 Å². The first kappa shape index (κ1) is 33.2. The SMILES string of the molecule is C=C(CCNC(=O)c1onc(OCC2(CC(=O)NCCN)CCC2)c1SC1CCCCC1)CC(C)CC.CO. The third kappa shape index (κ3) is 10.8. The van der Waals surface area contributed by atoms with Gasteiger partial charge in [-0.1, -0.05) is 58.1 Å². The van der Waals surface area contributed by atoms with Crippen molar-refractivity contribution in [2.45, 2.75) is 101 Å². The fourth-order valence-corrected chi connectivity index (χ4v) is 6.35. The molecule has 0 bridgehead atoms. The second-order valence-corrected chi connectivity index (χ2v) is 12.3. The van der Waals surface area contributed by atoms with Crippen LogP contribution in [-0.4, -0.2) is 60.7 Å². The summed E-state index contributed by atoms with van der Waals surface area (Å²) in [6.45, 7) is 10.4. The Labute approximate surface area is 238 Å². The zero-order valence-electron chi connectivity index (χ0n) is 24.2. The molecule has 1 aromatic heterocycles. The number of carbonyl (C=O) groups excluding carboxylic acids is 2. The lowest BCUT2D eigenvalue weighted by molar-refractivity contribution is -0.125. The Morgan fingerprint density at radius 3 is 2.54 bits per heavy atom. The van der Waals surface area contributed by atoms with Crippen molar-refractivity contribution in [2.75, 3.05) is 33.4 Å². The summed E-state index contributed by atoms with van der Waals surface area (Å²) in [5.41, 5.74) is 6.46. The van der Waals surface area contributed by atoms with Crippen molar-refractivity contribution < 1.29 is 24.0 Å². The van der Waals surface area contributed by atoms with Crippen molar-refractivity contribution in [2.24, 2.45) is 17.1 Å². The molecule has 0 spiro atoms. The molecule has 2 saturated carbocycles. The van der Waals surface area contributed by atoms with Crippen molar-refractivity contribution in [1.82, 2.24) is 15.8 Å². The van der Waals surface area contributed by atoms with Gasteiger partial charge in [0.1, 0.15) is 4.90 Å². The number of hydrogen-bond acceptors (Lipinski definition) is 8. The molecule has 39 heavy (non-hydrogen) atoms. The topological polar surface area (TPSA) is 140 Å². The molecule has 5 N–H and O–H groups in total. The molecule has 2 aliphatic rings. The first-order chi connectivity index (χ1) is 18.9. The zero-order chi connectivity index (χ0) is 28.7. The third-order valence-electron chi connectivity index (χ3n) is 7.69. The highest BCUT2D eigenvalue weighted by molar-refractivity contribution is 8.00. The molecule has 10 heteroatoms. The standard InChI is InChI=1S/C28H46N4O4S.CH4O/c1-4-20(2)17-21(3)11-15-31-26(34)24-25(37-22-9-6-5-7-10-22)27(32-36-24)35-19-28(12-8-13-28)18-23(33)30-16-14-29;1-2/h20,22H,3-19,29H2,1-2H3,(H,30,33)(H,31,34);2H,1H3. The molecule has 1 unspecified atom stereocenters. The number of ether oxygens (including phenoxy) is 1. The minimum absolute atomic E-state index is 0.000641. The first-order valence-electron chi connectivity index (χ1n) is 14.5. The van der Waals surface area contributed by atoms with E-state index in [2.05, 4.69) is 36.2 Å². The summed E-state index contributed by atoms with van der Waals surface area (Å²) in [6.07, 6.45) is 12.0. The van der Waals surface area contributed by atoms with Crippen LogP contribution in [0.4, 0.5) is 0 Å². The number of nitrogens with zero attached hydrogens (tertiary/aromatic N) is 1. The number of carbonyl (C=O) groups is 2. The molecular weight excluding hydrogens is 516 g/mol. The molecule has 2 amide bonds. The molecule has 0 radical (unpaired) electrons. The van der Waals surface area contributed by atoms with Gasteiger partial charge in [-0.25, -0.2) is 0 Å². The minimum atomic E-state index is -0.267. The second kappa shape index (κ2) is 17.6. The summed E-state index contributed by atoms with van der Waals surface area (Å²) < 4.78 is 11.8. The molecule has 2 aliphatic carbocycles. The quantitative estimate of drug-likeness (QED) is 0.209. The maximum absolute atomic E-state index is 13.1. The fourth-order valence-electron chi connectivity index (χ4n) is 5.01. The highest BCUT2D eigenvalue weighted by atomic mass is 32.2. The number of aliphatic hydroxyl groups is 1. The predicted molar refractivity (Wildman–Crippen MR) is 156 cm³/mol. The van der Waals surface area contributed by atoms with E-state index >= 15 is 0 Å². The van der Waals surface area contributed by atoms with Gasteiger partial charge in [0.2, 0.25) is 11.7 Å². The molecular formula is C29H50N4O5S. The normalized spacial score (nSPS) is 17.3. The van der Waals surface area contributed by atoms with E-state index in [1.165, 1.54) is 19.3 Å². The van der Waals surface area contributed by atoms with Gasteiger partial charge in [-0.05, 0) is 49.6 Å². The van der Waals surface area contributed by atoms with Gasteiger partial charge in [0.05, 0.1) is 6.61 Å². The first-order valence-corrected chi connectivity index (χ1v) is 15.4. The van der Waals surface area contributed by atoms with E-state index in [1.807, 2.05) is 0 Å². The Morgan fingerprint density at radius 2 is 1.92 bits per heavy atom. The van der Waals surface area contributed by atoms with E-state index in [0.29, 0.717) is 54.6 Å². The van der Waals surface area contributed by atoms with Gasteiger partial charge in [0, 0.05) is 43.8 Å². The molecule has 1 aromatic rings. The number of nitrogens with one attached hydrogen (secondary N) is 2. The number of rotatable bonds is 16. The Bertz CT molecular complexity index is 896. The smallest absolute Gasteiger partial charge is 0.291 e. The van der Waals surface area contributed by atoms with Gasteiger partial charge in [-0.15, -0.1) is 11.8 Å². The highest BCUT2D eigenvalue weighted by Gasteiger charge is 2.40. The fraction of sp³-hybridized carbons (Fsp3) is 0.759. The maximum Gasteiger partial charge on any atom is 0.291 e. The van der Waals surface area contributed by atoms with Gasteiger partial charge < -0.3 is 30.7 Å². The number of aliphatic hydroxyl groups excluding tert-OH is 1. The van der Waals surface area contributed by atoms with Crippen LogP contribution in [0, 0.1) is 11.3 Å². The lowest BCUT2D eigenvalue weighted by atomic mass is 9.67. The monoisotopic (exact) mass is 566 g/mol. The largest absolute Gasteiger partial charge is 0.474 e. The van der Waals surface area contributed by atoms with Crippen molar-refractivity contribution in [3.63, 3.8) is 0 Å². The van der Waals surface area contributed by atoms with Gasteiger partial charge in [0.15, 0.2) is 0 Å². The molecule has 0 saturated heterocycles. The number of hydrogen-bond donors (Lipinski definition) is 4. The van der Waals surface area contributed by atoms with E-state index in [4.69, 9.17) is 20.1 Å². The van der Waals surface area contributed by atoms with Crippen molar-refractivity contribution in [3.05, 3.63) is 17.9 Å². The van der Waals surface area contributed by atoms with E-state index in [9.17, 15) is 9.59 Å². The van der Waals surface area contributed by atoms with E-state index in [1.54, 1.807) is 11.8 Å². The summed E-state index contributed by atoms with van der Waals surface area (Å²) in [5.74, 6) is 0.926. The Kier molecular flexibility index (Phi) is 15.0. The summed E-state index contributed by atoms with van der Waals surface area (Å²) in [4.78, 5) is 26.1. The lowest BCUT2D eigenvalue weighted by Crippen LogP contribution is -2.41. The van der Waals surface area contributed by atoms with E-state index in [0.717, 1.165) is 64.0 Å². The summed E-state index contributed by atoms with van der Waals surface area (Å²) in [7, 11) is 1.00. The van der Waals surface area contributed by atoms with Gasteiger partial charge >= 0.3 is 0 Å². The van der Waals surface area contributed by atoms with E-state index in [-0.39, 0.29) is 23.0 Å². The zero-order valence-corrected chi connectivity index (χ0v) is 25.0. The van der Waals surface area contributed by atoms with Crippen molar-refractivity contribution in [3.8, 4) is 5.88 Å². The minimum Gasteiger partial charge on any atom is -0.474 e. The molecule has 0 aliphatic heterocycles. The number of amides is 2. The van der Waals surface area contributed by atoms with Crippen molar-refractivity contribution in [1.29, 1.82) is 0 Å².